The van der Waals surface area contributed by atoms with Crippen molar-refractivity contribution in [1.29, 1.82) is 0 Å². The molecule has 3 aromatic carbocycles. The van der Waals surface area contributed by atoms with Crippen LogP contribution in [-0.2, 0) is 13.5 Å². The predicted octanol–water partition coefficient (Wildman–Crippen LogP) is 5.50. The van der Waals surface area contributed by atoms with Crippen LogP contribution in [0.1, 0.15) is 28.4 Å². The molecule has 0 aliphatic carbocycles. The third-order valence-corrected chi connectivity index (χ3v) is 6.11. The molecule has 1 amide bonds. The van der Waals surface area contributed by atoms with Crippen molar-refractivity contribution in [3.63, 3.8) is 0 Å². The normalized spacial score (nSPS) is 11.2. The number of nitrogens with two attached hydrogens (primary N) is 1. The fraction of sp³-hybridized carbons (Fsp3) is 0.148. The zero-order valence-corrected chi connectivity index (χ0v) is 18.9. The van der Waals surface area contributed by atoms with Gasteiger partial charge < -0.3 is 11.1 Å². The monoisotopic (exact) mass is 435 g/mol. The molecule has 0 fully saturated rings. The zero-order chi connectivity index (χ0) is 23.1. The van der Waals surface area contributed by atoms with Crippen LogP contribution in [0, 0.1) is 6.92 Å². The van der Waals surface area contributed by atoms with Crippen LogP contribution in [0.3, 0.4) is 0 Å². The van der Waals surface area contributed by atoms with E-state index in [1.165, 1.54) is 5.56 Å². The molecule has 0 bridgehead atoms. The molecule has 5 aromatic rings. The number of nitrogens with zero attached hydrogens (tertiary/aromatic N) is 3. The topological polar surface area (TPSA) is 85.8 Å². The van der Waals surface area contributed by atoms with Gasteiger partial charge in [-0.25, -0.2) is 0 Å². The Bertz CT molecular complexity index is 1530. The van der Waals surface area contributed by atoms with E-state index in [9.17, 15) is 4.79 Å². The van der Waals surface area contributed by atoms with Gasteiger partial charge in [0.05, 0.1) is 28.5 Å². The first kappa shape index (κ1) is 20.7. The Morgan fingerprint density at radius 2 is 1.91 bits per heavy atom. The Morgan fingerprint density at radius 1 is 1.06 bits per heavy atom. The van der Waals surface area contributed by atoms with Crippen molar-refractivity contribution in [2.45, 2.75) is 20.3 Å². The van der Waals surface area contributed by atoms with E-state index in [4.69, 9.17) is 5.73 Å². The van der Waals surface area contributed by atoms with Gasteiger partial charge in [0.25, 0.3) is 5.91 Å². The number of fused-ring (bicyclic) bond motifs is 2. The second kappa shape index (κ2) is 8.06. The minimum Gasteiger partial charge on any atom is -0.365 e. The van der Waals surface area contributed by atoms with E-state index in [0.717, 1.165) is 50.6 Å². The van der Waals surface area contributed by atoms with Crippen molar-refractivity contribution < 1.29 is 4.79 Å². The lowest BCUT2D eigenvalue weighted by Crippen LogP contribution is -2.14. The number of benzene rings is 3. The molecule has 0 aliphatic heterocycles. The standard InChI is InChI=1S/C27H25N5O/c1-4-17-6-5-7-21(11-17)31-26-22-12-20(10-16(2)25(22)29-15-23(26)27(28)33)18-8-9-19-14-30-32(3)24(19)13-18/h5-15H,4H2,1-3H3,(H2,28,33)(H,29,31). The second-order valence-corrected chi connectivity index (χ2v) is 8.32. The molecule has 6 nitrogen and oxygen atoms in total. The van der Waals surface area contributed by atoms with Gasteiger partial charge in [0.1, 0.15) is 0 Å². The smallest absolute Gasteiger partial charge is 0.252 e. The fourth-order valence-corrected chi connectivity index (χ4v) is 4.31. The average Bonchev–Trinajstić information content (AvgIpc) is 3.19. The molecule has 33 heavy (non-hydrogen) atoms. The molecule has 0 radical (unpaired) electrons. The molecule has 2 aromatic heterocycles. The Morgan fingerprint density at radius 3 is 2.70 bits per heavy atom. The van der Waals surface area contributed by atoms with E-state index in [1.807, 2.05) is 37.0 Å². The predicted molar refractivity (Wildman–Crippen MR) is 134 cm³/mol. The molecular formula is C27H25N5O. The van der Waals surface area contributed by atoms with Crippen molar-refractivity contribution in [3.05, 3.63) is 83.7 Å². The highest BCUT2D eigenvalue weighted by molar-refractivity contribution is 6.09. The van der Waals surface area contributed by atoms with Crippen molar-refractivity contribution in [2.75, 3.05) is 5.32 Å². The minimum atomic E-state index is -0.516. The van der Waals surface area contributed by atoms with Gasteiger partial charge >= 0.3 is 0 Å². The number of aryl methyl sites for hydroxylation is 3. The fourth-order valence-electron chi connectivity index (χ4n) is 4.31. The first-order valence-electron chi connectivity index (χ1n) is 11.0. The third kappa shape index (κ3) is 3.69. The van der Waals surface area contributed by atoms with Crippen LogP contribution < -0.4 is 11.1 Å². The number of aromatic nitrogens is 3. The van der Waals surface area contributed by atoms with Gasteiger partial charge in [-0.15, -0.1) is 0 Å². The number of carbonyl (C=O) groups excluding carboxylic acids is 1. The molecular weight excluding hydrogens is 410 g/mol. The summed E-state index contributed by atoms with van der Waals surface area (Å²) in [6, 6.07) is 18.7. The summed E-state index contributed by atoms with van der Waals surface area (Å²) in [6.07, 6.45) is 4.35. The number of hydrogen-bond acceptors (Lipinski definition) is 4. The number of rotatable bonds is 5. The maximum absolute atomic E-state index is 12.3. The summed E-state index contributed by atoms with van der Waals surface area (Å²) < 4.78 is 1.87. The van der Waals surface area contributed by atoms with E-state index >= 15 is 0 Å². The summed E-state index contributed by atoms with van der Waals surface area (Å²) in [5.74, 6) is -0.516. The summed E-state index contributed by atoms with van der Waals surface area (Å²) in [7, 11) is 1.94. The maximum atomic E-state index is 12.3. The molecule has 164 valence electrons. The Balaban J connectivity index is 1.73. The Kier molecular flexibility index (Phi) is 5.05. The van der Waals surface area contributed by atoms with Crippen molar-refractivity contribution in [2.24, 2.45) is 12.8 Å². The average molecular weight is 436 g/mol. The van der Waals surface area contributed by atoms with Crippen LogP contribution in [0.15, 0.2) is 67.0 Å². The number of carbonyl (C=O) groups is 1. The molecule has 3 N–H and O–H groups in total. The van der Waals surface area contributed by atoms with E-state index in [2.05, 4.69) is 64.8 Å². The van der Waals surface area contributed by atoms with Gasteiger partial charge in [-0.05, 0) is 65.9 Å². The van der Waals surface area contributed by atoms with Crippen molar-refractivity contribution >= 4 is 39.1 Å². The maximum Gasteiger partial charge on any atom is 0.252 e. The molecule has 0 spiro atoms. The van der Waals surface area contributed by atoms with Crippen molar-refractivity contribution in [1.82, 2.24) is 14.8 Å². The lowest BCUT2D eigenvalue weighted by molar-refractivity contribution is 0.100. The highest BCUT2D eigenvalue weighted by Crippen LogP contribution is 2.35. The number of amides is 1. The van der Waals surface area contributed by atoms with Gasteiger partial charge in [-0.2, -0.15) is 5.10 Å². The third-order valence-electron chi connectivity index (χ3n) is 6.11. The number of primary amides is 1. The van der Waals surface area contributed by atoms with E-state index in [1.54, 1.807) is 6.20 Å². The molecule has 6 heteroatoms. The zero-order valence-electron chi connectivity index (χ0n) is 18.9. The number of nitrogens with one attached hydrogen (secondary N) is 1. The van der Waals surface area contributed by atoms with E-state index < -0.39 is 5.91 Å². The van der Waals surface area contributed by atoms with Crippen LogP contribution in [0.25, 0.3) is 32.9 Å². The first-order valence-corrected chi connectivity index (χ1v) is 11.0. The summed E-state index contributed by atoms with van der Waals surface area (Å²) in [5.41, 5.74) is 13.9. The molecule has 0 saturated heterocycles. The van der Waals surface area contributed by atoms with Crippen LogP contribution in [-0.4, -0.2) is 20.7 Å². The van der Waals surface area contributed by atoms with Gasteiger partial charge in [0.2, 0.25) is 0 Å². The molecule has 0 saturated carbocycles. The number of hydrogen-bond donors (Lipinski definition) is 2. The summed E-state index contributed by atoms with van der Waals surface area (Å²) in [6.45, 7) is 4.15. The summed E-state index contributed by atoms with van der Waals surface area (Å²) in [4.78, 5) is 16.9. The molecule has 2 heterocycles. The lowest BCUT2D eigenvalue weighted by Gasteiger charge is -2.16. The highest BCUT2D eigenvalue weighted by Gasteiger charge is 2.16. The molecule has 0 aliphatic rings. The lowest BCUT2D eigenvalue weighted by atomic mass is 9.97. The van der Waals surface area contributed by atoms with Gasteiger partial charge in [0.15, 0.2) is 0 Å². The summed E-state index contributed by atoms with van der Waals surface area (Å²) in [5, 5.41) is 9.75. The second-order valence-electron chi connectivity index (χ2n) is 8.32. The first-order chi connectivity index (χ1) is 15.9. The summed E-state index contributed by atoms with van der Waals surface area (Å²) >= 11 is 0. The number of anilines is 2. The van der Waals surface area contributed by atoms with E-state index in [0.29, 0.717) is 11.3 Å². The number of pyridine rings is 1. The Labute approximate surface area is 192 Å². The quantitative estimate of drug-likeness (QED) is 0.382. The van der Waals surface area contributed by atoms with E-state index in [-0.39, 0.29) is 0 Å². The van der Waals surface area contributed by atoms with Crippen LogP contribution in [0.2, 0.25) is 0 Å². The van der Waals surface area contributed by atoms with Gasteiger partial charge in [-0.3, -0.25) is 14.5 Å². The molecule has 0 unspecified atom stereocenters. The minimum absolute atomic E-state index is 0.364. The van der Waals surface area contributed by atoms with Crippen LogP contribution in [0.4, 0.5) is 11.4 Å². The van der Waals surface area contributed by atoms with Gasteiger partial charge in [0, 0.05) is 29.7 Å². The Hall–Kier alpha value is -4.19. The largest absolute Gasteiger partial charge is 0.365 e. The molecule has 0 atom stereocenters. The highest BCUT2D eigenvalue weighted by atomic mass is 16.1. The van der Waals surface area contributed by atoms with Crippen LogP contribution >= 0.6 is 0 Å². The molecule has 5 rings (SSSR count). The SMILES string of the molecule is CCc1cccc(Nc2c(C(N)=O)cnc3c(C)cc(-c4ccc5cnn(C)c5c4)cc23)c1. The van der Waals surface area contributed by atoms with Gasteiger partial charge in [-0.1, -0.05) is 31.2 Å². The van der Waals surface area contributed by atoms with Crippen molar-refractivity contribution in [3.8, 4) is 11.1 Å². The van der Waals surface area contributed by atoms with Crippen LogP contribution in [0.5, 0.6) is 0 Å².